The molecule has 2 heterocycles. The van der Waals surface area contributed by atoms with Crippen LogP contribution in [0.25, 0.3) is 0 Å². The van der Waals surface area contributed by atoms with E-state index >= 15 is 16.8 Å². The maximum atomic E-state index is 15.3. The van der Waals surface area contributed by atoms with Crippen LogP contribution in [-0.2, 0) is 29.3 Å². The van der Waals surface area contributed by atoms with Crippen molar-refractivity contribution in [3.05, 3.63) is 59.7 Å². The standard InChI is InChI=1S/C38H56N3O6PS2/c1-27-18-22-31(23-19-27)49(42,43)40-34(29-14-10-8-11-15-29)35(30-16-12-9-13-17-30)41(50(44,45)32-24-20-28(2)21-25-32)48(40)47-38(6,7)36-39-33(26-46-36)37(3,4)5/h18-25,29-30,33-35H,8-17,26H2,1-7H3/t33-,34-,35-/m1/s1. The van der Waals surface area contributed by atoms with Crippen molar-refractivity contribution in [1.29, 1.82) is 0 Å². The van der Waals surface area contributed by atoms with E-state index < -0.39 is 46.2 Å². The Morgan fingerprint density at radius 2 is 1.08 bits per heavy atom. The van der Waals surface area contributed by atoms with Crippen LogP contribution in [0.4, 0.5) is 0 Å². The fourth-order valence-corrected chi connectivity index (χ4v) is 15.5. The molecule has 2 aromatic carbocycles. The van der Waals surface area contributed by atoms with Crippen molar-refractivity contribution in [2.24, 2.45) is 22.2 Å². The van der Waals surface area contributed by atoms with Crippen LogP contribution in [0.1, 0.15) is 110 Å². The molecule has 2 aliphatic carbocycles. The van der Waals surface area contributed by atoms with Gasteiger partial charge in [-0.1, -0.05) is 94.7 Å². The summed E-state index contributed by atoms with van der Waals surface area (Å²) in [6.45, 7) is 14.2. The quantitative estimate of drug-likeness (QED) is 0.238. The summed E-state index contributed by atoms with van der Waals surface area (Å²) < 4.78 is 77.4. The number of aryl methyl sites for hydroxylation is 2. The van der Waals surface area contributed by atoms with Gasteiger partial charge in [-0.25, -0.2) is 21.8 Å². The van der Waals surface area contributed by atoms with E-state index in [1.807, 2.05) is 27.7 Å². The van der Waals surface area contributed by atoms with Gasteiger partial charge in [-0.05, 0) is 94.9 Å². The second-order valence-corrected chi connectivity index (χ2v) is 22.2. The maximum Gasteiger partial charge on any atom is 0.249 e. The summed E-state index contributed by atoms with van der Waals surface area (Å²) in [4.78, 5) is 5.24. The molecular formula is C38H56N3O6PS2. The van der Waals surface area contributed by atoms with Gasteiger partial charge in [0.15, 0.2) is 0 Å². The molecule has 12 heteroatoms. The first-order valence-corrected chi connectivity index (χ1v) is 22.5. The van der Waals surface area contributed by atoms with Crippen molar-refractivity contribution in [1.82, 2.24) is 8.15 Å². The van der Waals surface area contributed by atoms with Gasteiger partial charge < -0.3 is 9.26 Å². The highest BCUT2D eigenvalue weighted by atomic mass is 32.2. The number of sulfonamides is 2. The maximum absolute atomic E-state index is 15.3. The first-order valence-electron chi connectivity index (χ1n) is 18.4. The first-order chi connectivity index (χ1) is 23.5. The number of aliphatic imine (C=N–C) groups is 1. The molecule has 4 aliphatic rings. The van der Waals surface area contributed by atoms with Gasteiger partial charge in [0.25, 0.3) is 0 Å². The van der Waals surface area contributed by atoms with Crippen LogP contribution in [0.15, 0.2) is 63.3 Å². The Morgan fingerprint density at radius 1 is 0.680 bits per heavy atom. The van der Waals surface area contributed by atoms with Crippen LogP contribution < -0.4 is 0 Å². The Labute approximate surface area is 302 Å². The zero-order valence-corrected chi connectivity index (χ0v) is 33.4. The number of benzene rings is 2. The molecule has 2 aliphatic heterocycles. The molecule has 50 heavy (non-hydrogen) atoms. The molecule has 0 N–H and O–H groups in total. The number of nitrogens with zero attached hydrogens (tertiary/aromatic N) is 3. The van der Waals surface area contributed by atoms with Crippen molar-refractivity contribution >= 4 is 34.4 Å². The molecule has 6 rings (SSSR count). The van der Waals surface area contributed by atoms with Crippen molar-refractivity contribution in [2.75, 3.05) is 6.61 Å². The van der Waals surface area contributed by atoms with E-state index in [9.17, 15) is 0 Å². The summed E-state index contributed by atoms with van der Waals surface area (Å²) >= 11 is 0. The summed E-state index contributed by atoms with van der Waals surface area (Å²) in [7, 11) is -10.9. The minimum Gasteiger partial charge on any atom is -0.477 e. The number of ether oxygens (including phenoxy) is 1. The Hall–Kier alpha value is -1.88. The van der Waals surface area contributed by atoms with Crippen LogP contribution in [0.2, 0.25) is 0 Å². The summed E-state index contributed by atoms with van der Waals surface area (Å²) in [6, 6.07) is 12.5. The largest absolute Gasteiger partial charge is 0.477 e. The summed E-state index contributed by atoms with van der Waals surface area (Å²) in [5.41, 5.74) is 0.521. The topological polar surface area (TPSA) is 106 Å². The predicted molar refractivity (Wildman–Crippen MR) is 200 cm³/mol. The Balaban J connectivity index is 1.58. The highest BCUT2D eigenvalue weighted by Crippen LogP contribution is 2.65. The second kappa shape index (κ2) is 14.5. The second-order valence-electron chi connectivity index (χ2n) is 16.4. The van der Waals surface area contributed by atoms with E-state index in [2.05, 4.69) is 20.8 Å². The van der Waals surface area contributed by atoms with E-state index in [1.54, 1.807) is 48.5 Å². The van der Waals surface area contributed by atoms with Gasteiger partial charge in [-0.2, -0.15) is 0 Å². The summed E-state index contributed by atoms with van der Waals surface area (Å²) in [5.74, 6) is 0.364. The van der Waals surface area contributed by atoms with Gasteiger partial charge in [0, 0.05) is 0 Å². The molecule has 0 bridgehead atoms. The molecule has 1 saturated heterocycles. The van der Waals surface area contributed by atoms with Crippen LogP contribution >= 0.6 is 8.45 Å². The predicted octanol–water partition coefficient (Wildman–Crippen LogP) is 8.76. The third-order valence-electron chi connectivity index (χ3n) is 11.1. The minimum absolute atomic E-state index is 0.00354. The first kappa shape index (κ1) is 37.9. The Bertz CT molecular complexity index is 1640. The Morgan fingerprint density at radius 3 is 1.44 bits per heavy atom. The molecule has 2 aromatic rings. The zero-order valence-electron chi connectivity index (χ0n) is 30.8. The van der Waals surface area contributed by atoms with Crippen molar-refractivity contribution in [2.45, 2.75) is 146 Å². The number of hydrogen-bond acceptors (Lipinski definition) is 7. The molecule has 0 amide bonds. The van der Waals surface area contributed by atoms with E-state index in [0.29, 0.717) is 12.5 Å². The van der Waals surface area contributed by atoms with E-state index in [-0.39, 0.29) is 33.1 Å². The van der Waals surface area contributed by atoms with Gasteiger partial charge in [0.05, 0.1) is 27.9 Å². The molecular weight excluding hydrogens is 690 g/mol. The van der Waals surface area contributed by atoms with E-state index in [1.165, 1.54) is 8.15 Å². The monoisotopic (exact) mass is 745 g/mol. The third kappa shape index (κ3) is 7.47. The third-order valence-corrected chi connectivity index (χ3v) is 18.2. The van der Waals surface area contributed by atoms with Gasteiger partial charge >= 0.3 is 0 Å². The molecule has 2 saturated carbocycles. The lowest BCUT2D eigenvalue weighted by Crippen LogP contribution is -2.50. The molecule has 0 spiro atoms. The van der Waals surface area contributed by atoms with Crippen LogP contribution in [0, 0.1) is 31.1 Å². The van der Waals surface area contributed by atoms with Crippen molar-refractivity contribution in [3.63, 3.8) is 0 Å². The Kier molecular flexibility index (Phi) is 11.0. The number of hydrogen-bond donors (Lipinski definition) is 0. The average Bonchev–Trinajstić information content (AvgIpc) is 3.72. The van der Waals surface area contributed by atoms with Gasteiger partial charge in [-0.15, -0.1) is 8.15 Å². The normalized spacial score (nSPS) is 25.9. The molecule has 276 valence electrons. The molecule has 0 unspecified atom stereocenters. The molecule has 3 atom stereocenters. The van der Waals surface area contributed by atoms with Crippen molar-refractivity contribution in [3.8, 4) is 0 Å². The van der Waals surface area contributed by atoms with Crippen LogP contribution in [0.3, 0.4) is 0 Å². The fourth-order valence-electron chi connectivity index (χ4n) is 8.06. The highest BCUT2D eigenvalue weighted by Gasteiger charge is 2.63. The van der Waals surface area contributed by atoms with Crippen molar-refractivity contribution < 1.29 is 26.1 Å². The average molecular weight is 746 g/mol. The van der Waals surface area contributed by atoms with Crippen LogP contribution in [0.5, 0.6) is 0 Å². The smallest absolute Gasteiger partial charge is 0.249 e. The summed E-state index contributed by atoms with van der Waals surface area (Å²) in [5, 5.41) is 0. The molecule has 9 nitrogen and oxygen atoms in total. The lowest BCUT2D eigenvalue weighted by molar-refractivity contribution is 0.145. The zero-order chi connectivity index (χ0) is 36.1. The molecule has 0 aromatic heterocycles. The molecule has 3 fully saturated rings. The summed E-state index contributed by atoms with van der Waals surface area (Å²) in [6.07, 6.45) is 9.55. The lowest BCUT2D eigenvalue weighted by atomic mass is 9.75. The van der Waals surface area contributed by atoms with Crippen LogP contribution in [-0.4, -0.2) is 61.2 Å². The molecule has 0 radical (unpaired) electrons. The van der Waals surface area contributed by atoms with Gasteiger partial charge in [-0.3, -0.25) is 0 Å². The SMILES string of the molecule is Cc1ccc(S(=O)(=O)N2[C@H](C3CCCCC3)[C@@H](C3CCCCC3)N(S(=O)(=O)c3ccc(C)cc3)P2OC(C)(C)C2=N[C@@H](C(C)(C)C)CO2)cc1. The van der Waals surface area contributed by atoms with Gasteiger partial charge in [0.2, 0.25) is 34.4 Å². The lowest BCUT2D eigenvalue weighted by Gasteiger charge is -2.40. The van der Waals surface area contributed by atoms with E-state index in [0.717, 1.165) is 75.3 Å². The van der Waals surface area contributed by atoms with Gasteiger partial charge in [0.1, 0.15) is 12.2 Å². The highest BCUT2D eigenvalue weighted by molar-refractivity contribution is 7.98. The minimum atomic E-state index is -4.24. The van der Waals surface area contributed by atoms with E-state index in [4.69, 9.17) is 14.3 Å². The number of rotatable bonds is 9. The fraction of sp³-hybridized carbons (Fsp3) is 0.658.